The maximum atomic E-state index is 10.7. The van der Waals surface area contributed by atoms with E-state index in [9.17, 15) is 10.1 Å². The first-order valence-electron chi connectivity index (χ1n) is 6.24. The molecule has 1 aromatic heterocycles. The average molecular weight is 266 g/mol. The first kappa shape index (κ1) is 13.7. The van der Waals surface area contributed by atoms with E-state index in [1.54, 1.807) is 6.07 Å². The van der Waals surface area contributed by atoms with Crippen LogP contribution < -0.4 is 10.2 Å². The van der Waals surface area contributed by atoms with Crippen LogP contribution in [0.4, 0.5) is 11.5 Å². The Kier molecular flexibility index (Phi) is 4.28. The monoisotopic (exact) mass is 266 g/mol. The third-order valence-corrected chi connectivity index (χ3v) is 3.12. The maximum Gasteiger partial charge on any atom is 0.287 e. The molecule has 0 radical (unpaired) electrons. The molecule has 7 heteroatoms. The van der Waals surface area contributed by atoms with Crippen molar-refractivity contribution in [1.29, 1.82) is 0 Å². The molecule has 2 heterocycles. The molecule has 104 valence electrons. The van der Waals surface area contributed by atoms with E-state index in [1.807, 2.05) is 14.0 Å². The molecule has 7 nitrogen and oxygen atoms in total. The van der Waals surface area contributed by atoms with E-state index < -0.39 is 4.92 Å². The normalized spacial score (nSPS) is 19.5. The summed E-state index contributed by atoms with van der Waals surface area (Å²) in [7, 11) is 1.89. The van der Waals surface area contributed by atoms with Crippen molar-refractivity contribution in [3.63, 3.8) is 0 Å². The summed E-state index contributed by atoms with van der Waals surface area (Å²) in [5.74, 6) is 0.801. The van der Waals surface area contributed by atoms with Crippen LogP contribution in [0.1, 0.15) is 5.56 Å². The molecule has 0 saturated carbocycles. The molecule has 19 heavy (non-hydrogen) atoms. The zero-order chi connectivity index (χ0) is 13.8. The van der Waals surface area contributed by atoms with Crippen LogP contribution in [-0.2, 0) is 4.74 Å². The van der Waals surface area contributed by atoms with Gasteiger partial charge in [-0.3, -0.25) is 10.1 Å². The van der Waals surface area contributed by atoms with Gasteiger partial charge < -0.3 is 15.0 Å². The van der Waals surface area contributed by atoms with Gasteiger partial charge in [-0.25, -0.2) is 4.98 Å². The van der Waals surface area contributed by atoms with Crippen LogP contribution in [-0.4, -0.2) is 49.3 Å². The smallest absolute Gasteiger partial charge is 0.287 e. The molecule has 2 rings (SSSR count). The van der Waals surface area contributed by atoms with Crippen molar-refractivity contribution in [2.75, 3.05) is 38.2 Å². The zero-order valence-electron chi connectivity index (χ0n) is 11.1. The number of aromatic nitrogens is 1. The number of anilines is 1. The predicted molar refractivity (Wildman–Crippen MR) is 71.5 cm³/mol. The van der Waals surface area contributed by atoms with E-state index in [2.05, 4.69) is 15.2 Å². The van der Waals surface area contributed by atoms with Crippen molar-refractivity contribution in [2.45, 2.75) is 13.0 Å². The van der Waals surface area contributed by atoms with E-state index >= 15 is 0 Å². The van der Waals surface area contributed by atoms with Crippen molar-refractivity contribution in [3.05, 3.63) is 27.9 Å². The first-order chi connectivity index (χ1) is 9.11. The minimum absolute atomic E-state index is 0.0290. The number of likely N-dealkylation sites (N-methyl/N-ethyl adjacent to an activating group) is 1. The summed E-state index contributed by atoms with van der Waals surface area (Å²) in [6.07, 6.45) is 1.43. The zero-order valence-corrected chi connectivity index (χ0v) is 11.1. The van der Waals surface area contributed by atoms with Crippen LogP contribution in [0.25, 0.3) is 0 Å². The Bertz CT molecular complexity index is 464. The van der Waals surface area contributed by atoms with Gasteiger partial charge in [-0.15, -0.1) is 0 Å². The highest BCUT2D eigenvalue weighted by Crippen LogP contribution is 2.23. The van der Waals surface area contributed by atoms with Crippen molar-refractivity contribution in [3.8, 4) is 0 Å². The lowest BCUT2D eigenvalue weighted by atomic mass is 10.2. The quantitative estimate of drug-likeness (QED) is 0.639. The fourth-order valence-corrected chi connectivity index (χ4v) is 2.25. The third-order valence-electron chi connectivity index (χ3n) is 3.12. The van der Waals surface area contributed by atoms with Gasteiger partial charge in [-0.1, -0.05) is 0 Å². The van der Waals surface area contributed by atoms with Gasteiger partial charge in [0.25, 0.3) is 5.69 Å². The van der Waals surface area contributed by atoms with Crippen molar-refractivity contribution in [2.24, 2.45) is 0 Å². The van der Waals surface area contributed by atoms with Crippen molar-refractivity contribution < 1.29 is 9.66 Å². The summed E-state index contributed by atoms with van der Waals surface area (Å²) in [6, 6.07) is 1.56. The number of ether oxygens (including phenoxy) is 1. The van der Waals surface area contributed by atoms with Gasteiger partial charge in [0.15, 0.2) is 0 Å². The molecule has 1 aromatic rings. The Morgan fingerprint density at radius 3 is 3.11 bits per heavy atom. The molecular weight excluding hydrogens is 248 g/mol. The van der Waals surface area contributed by atoms with Gasteiger partial charge in [0.05, 0.1) is 17.6 Å². The van der Waals surface area contributed by atoms with Crippen LogP contribution in [0.15, 0.2) is 12.3 Å². The number of nitrogens with zero attached hydrogens (tertiary/aromatic N) is 3. The van der Waals surface area contributed by atoms with Crippen molar-refractivity contribution >= 4 is 11.5 Å². The summed E-state index contributed by atoms with van der Waals surface area (Å²) >= 11 is 0. The number of morpholine rings is 1. The summed E-state index contributed by atoms with van der Waals surface area (Å²) in [4.78, 5) is 16.6. The molecule has 1 unspecified atom stereocenters. The third kappa shape index (κ3) is 3.18. The molecule has 1 saturated heterocycles. The van der Waals surface area contributed by atoms with E-state index in [0.29, 0.717) is 6.61 Å². The number of rotatable bonds is 4. The van der Waals surface area contributed by atoms with Crippen LogP contribution in [0, 0.1) is 17.0 Å². The molecule has 0 aromatic carbocycles. The standard InChI is InChI=1S/C12H18N4O3/c1-9-5-10(16(17)18)6-14-12(9)15-3-4-19-11(8-15)7-13-2/h5-6,11,13H,3-4,7-8H2,1-2H3. The van der Waals surface area contributed by atoms with Crippen LogP contribution in [0.5, 0.6) is 0 Å². The van der Waals surface area contributed by atoms with Gasteiger partial charge in [0.1, 0.15) is 12.0 Å². The molecular formula is C12H18N4O3. The highest BCUT2D eigenvalue weighted by molar-refractivity contribution is 5.50. The lowest BCUT2D eigenvalue weighted by Gasteiger charge is -2.34. The Morgan fingerprint density at radius 1 is 1.68 bits per heavy atom. The number of hydrogen-bond donors (Lipinski definition) is 1. The SMILES string of the molecule is CNCC1CN(c2ncc([N+](=O)[O-])cc2C)CCO1. The molecule has 1 atom stereocenters. The number of hydrogen-bond acceptors (Lipinski definition) is 6. The first-order valence-corrected chi connectivity index (χ1v) is 6.24. The second-order valence-electron chi connectivity index (χ2n) is 4.59. The number of aryl methyl sites for hydroxylation is 1. The Hall–Kier alpha value is -1.73. The Morgan fingerprint density at radius 2 is 2.47 bits per heavy atom. The van der Waals surface area contributed by atoms with Crippen molar-refractivity contribution in [1.82, 2.24) is 10.3 Å². The predicted octanol–water partition coefficient (Wildman–Crippen LogP) is 0.723. The minimum atomic E-state index is -0.424. The fourth-order valence-electron chi connectivity index (χ4n) is 2.25. The van der Waals surface area contributed by atoms with E-state index in [0.717, 1.165) is 31.0 Å². The molecule has 1 aliphatic rings. The summed E-state index contributed by atoms with van der Waals surface area (Å²) in [6.45, 7) is 4.77. The Balaban J connectivity index is 2.15. The molecule has 0 spiro atoms. The molecule has 1 fully saturated rings. The van der Waals surface area contributed by atoms with Gasteiger partial charge >= 0.3 is 0 Å². The van der Waals surface area contributed by atoms with Gasteiger partial charge in [0, 0.05) is 25.7 Å². The number of nitrogens with one attached hydrogen (secondary N) is 1. The second-order valence-corrected chi connectivity index (χ2v) is 4.59. The molecule has 0 bridgehead atoms. The van der Waals surface area contributed by atoms with Gasteiger partial charge in [-0.2, -0.15) is 0 Å². The maximum absolute atomic E-state index is 10.7. The lowest BCUT2D eigenvalue weighted by molar-refractivity contribution is -0.385. The van der Waals surface area contributed by atoms with Crippen LogP contribution >= 0.6 is 0 Å². The van der Waals surface area contributed by atoms with E-state index in [-0.39, 0.29) is 11.8 Å². The minimum Gasteiger partial charge on any atom is -0.373 e. The Labute approximate surface area is 111 Å². The molecule has 1 N–H and O–H groups in total. The molecule has 0 aliphatic carbocycles. The van der Waals surface area contributed by atoms with Gasteiger partial charge in [0.2, 0.25) is 0 Å². The second kappa shape index (κ2) is 5.94. The topological polar surface area (TPSA) is 80.5 Å². The van der Waals surface area contributed by atoms with Crippen LogP contribution in [0.2, 0.25) is 0 Å². The number of pyridine rings is 1. The number of nitro groups is 1. The highest BCUT2D eigenvalue weighted by Gasteiger charge is 2.23. The molecule has 0 amide bonds. The average Bonchev–Trinajstić information content (AvgIpc) is 2.39. The summed E-state index contributed by atoms with van der Waals surface area (Å²) in [5, 5.41) is 13.8. The summed E-state index contributed by atoms with van der Waals surface area (Å²) < 4.78 is 5.63. The van der Waals surface area contributed by atoms with E-state index in [4.69, 9.17) is 4.74 Å². The summed E-state index contributed by atoms with van der Waals surface area (Å²) in [5.41, 5.74) is 0.848. The largest absolute Gasteiger partial charge is 0.373 e. The fraction of sp³-hybridized carbons (Fsp3) is 0.583. The van der Waals surface area contributed by atoms with Crippen LogP contribution in [0.3, 0.4) is 0 Å². The van der Waals surface area contributed by atoms with Gasteiger partial charge in [-0.05, 0) is 19.5 Å². The van der Waals surface area contributed by atoms with E-state index in [1.165, 1.54) is 6.20 Å². The highest BCUT2D eigenvalue weighted by atomic mass is 16.6. The lowest BCUT2D eigenvalue weighted by Crippen LogP contribution is -2.46. The molecule has 1 aliphatic heterocycles.